The molecule has 0 bridgehead atoms. The first-order valence-corrected chi connectivity index (χ1v) is 22.0. The van der Waals surface area contributed by atoms with E-state index in [1.54, 1.807) is 0 Å². The van der Waals surface area contributed by atoms with Gasteiger partial charge in [0.15, 0.2) is 0 Å². The Hall–Kier alpha value is -5.98. The van der Waals surface area contributed by atoms with Crippen LogP contribution in [0.25, 0.3) is 83.3 Å². The van der Waals surface area contributed by atoms with Gasteiger partial charge < -0.3 is 14.0 Å². The van der Waals surface area contributed by atoms with Crippen LogP contribution in [0.4, 0.5) is 0 Å². The number of benzene rings is 6. The number of aryl methyl sites for hydroxylation is 1. The van der Waals surface area contributed by atoms with Gasteiger partial charge in [0.05, 0.1) is 41.9 Å². The first kappa shape index (κ1) is 37.0. The van der Waals surface area contributed by atoms with Crippen molar-refractivity contribution in [1.82, 2.24) is 19.5 Å². The monoisotopic (exact) mass is 919 g/mol. The van der Waals surface area contributed by atoms with Gasteiger partial charge in [-0.2, -0.15) is 0 Å². The van der Waals surface area contributed by atoms with E-state index in [4.69, 9.17) is 14.4 Å². The standard InChI is InChI=1S/C35H22N3O.C14H16NSi.Ir/c1-22-32-31(21-30(36-22)24-12-4-2-5-13-24)38(25-14-6-3-7-15-25)35(37-32)29-18-10-17-27-28-20-19-23-11-8-9-16-26(23)33(28)39-34(27)29;1-16(2,3)13-9-10-14(15-11-13)12-7-5-4-6-8-12;/h2-17,19-21H,1H3;4-7,9-11H,1-3H3;/q2*-1;. The molecule has 7 heteroatoms. The van der Waals surface area contributed by atoms with Crippen molar-refractivity contribution in [2.45, 2.75) is 26.6 Å². The average Bonchev–Trinajstić information content (AvgIpc) is 3.82. The molecule has 0 amide bonds. The molecule has 56 heavy (non-hydrogen) atoms. The molecule has 0 spiro atoms. The van der Waals surface area contributed by atoms with Gasteiger partial charge in [-0.15, -0.1) is 54.1 Å². The number of hydrogen-bond acceptors (Lipinski definition) is 4. The third kappa shape index (κ3) is 6.90. The summed E-state index contributed by atoms with van der Waals surface area (Å²) in [6, 6.07) is 58.3. The Morgan fingerprint density at radius 3 is 2.09 bits per heavy atom. The maximum Gasteiger partial charge on any atom is 0.128 e. The molecule has 4 aromatic heterocycles. The van der Waals surface area contributed by atoms with Crippen LogP contribution in [0.5, 0.6) is 0 Å². The number of hydrogen-bond donors (Lipinski definition) is 0. The van der Waals surface area contributed by atoms with E-state index in [1.165, 1.54) is 5.19 Å². The second-order valence-electron chi connectivity index (χ2n) is 14.8. The van der Waals surface area contributed by atoms with E-state index in [0.29, 0.717) is 0 Å². The van der Waals surface area contributed by atoms with Crippen molar-refractivity contribution in [3.8, 4) is 39.6 Å². The van der Waals surface area contributed by atoms with Crippen LogP contribution < -0.4 is 5.19 Å². The molecule has 5 nitrogen and oxygen atoms in total. The van der Waals surface area contributed by atoms with Gasteiger partial charge in [0.1, 0.15) is 5.58 Å². The van der Waals surface area contributed by atoms with Crippen LogP contribution in [0.3, 0.4) is 0 Å². The molecule has 1 radical (unpaired) electrons. The van der Waals surface area contributed by atoms with E-state index in [0.717, 1.165) is 89.0 Å². The number of aromatic nitrogens is 4. The Bertz CT molecular complexity index is 2950. The molecular formula is C49H38IrN4OSi-2. The molecule has 6 aromatic carbocycles. The van der Waals surface area contributed by atoms with E-state index >= 15 is 0 Å². The first-order chi connectivity index (χ1) is 26.8. The van der Waals surface area contributed by atoms with Crippen molar-refractivity contribution in [3.63, 3.8) is 0 Å². The molecule has 4 heterocycles. The SMILES string of the molecule is C[Si](C)(C)c1ccc(-c2[c-]cccc2)nc1.Cc1nc(-c2ccccc2)cc2c1nc(-c1[c-]ccc3c1oc1c4ccccc4ccc31)n2-c1ccccc1.[Ir]. The number of fused-ring (bicyclic) bond motifs is 6. The smallest absolute Gasteiger partial charge is 0.128 e. The maximum atomic E-state index is 6.66. The number of nitrogens with zero attached hydrogens (tertiary/aromatic N) is 4. The van der Waals surface area contributed by atoms with E-state index in [9.17, 15) is 0 Å². The predicted octanol–water partition coefficient (Wildman–Crippen LogP) is 12.0. The van der Waals surface area contributed by atoms with Crippen LogP contribution in [-0.4, -0.2) is 27.6 Å². The second kappa shape index (κ2) is 15.3. The molecule has 0 aliphatic carbocycles. The van der Waals surface area contributed by atoms with Crippen molar-refractivity contribution in [2.75, 3.05) is 0 Å². The van der Waals surface area contributed by atoms with Crippen LogP contribution in [0.1, 0.15) is 5.69 Å². The van der Waals surface area contributed by atoms with Crippen molar-refractivity contribution >= 4 is 57.0 Å². The van der Waals surface area contributed by atoms with Crippen molar-refractivity contribution in [3.05, 3.63) is 176 Å². The van der Waals surface area contributed by atoms with Crippen LogP contribution in [-0.2, 0) is 20.1 Å². The predicted molar refractivity (Wildman–Crippen MR) is 230 cm³/mol. The van der Waals surface area contributed by atoms with Gasteiger partial charge in [-0.25, -0.2) is 0 Å². The van der Waals surface area contributed by atoms with Gasteiger partial charge in [0.2, 0.25) is 0 Å². The summed E-state index contributed by atoms with van der Waals surface area (Å²) in [7, 11) is -1.23. The Morgan fingerprint density at radius 2 is 1.36 bits per heavy atom. The minimum absolute atomic E-state index is 0. The molecule has 10 rings (SSSR count). The van der Waals surface area contributed by atoms with Gasteiger partial charge in [-0.05, 0) is 41.4 Å². The normalized spacial score (nSPS) is 11.4. The summed E-state index contributed by atoms with van der Waals surface area (Å²) in [4.78, 5) is 14.6. The van der Waals surface area contributed by atoms with Crippen LogP contribution in [0.2, 0.25) is 19.6 Å². The number of para-hydroxylation sites is 1. The van der Waals surface area contributed by atoms with Crippen LogP contribution >= 0.6 is 0 Å². The molecule has 0 saturated carbocycles. The van der Waals surface area contributed by atoms with Gasteiger partial charge >= 0.3 is 0 Å². The topological polar surface area (TPSA) is 56.7 Å². The fourth-order valence-corrected chi connectivity index (χ4v) is 8.21. The van der Waals surface area contributed by atoms with E-state index < -0.39 is 8.07 Å². The van der Waals surface area contributed by atoms with Gasteiger partial charge in [-0.1, -0.05) is 128 Å². The summed E-state index contributed by atoms with van der Waals surface area (Å²) in [6.45, 7) is 9.02. The summed E-state index contributed by atoms with van der Waals surface area (Å²) >= 11 is 0. The molecule has 0 N–H and O–H groups in total. The minimum atomic E-state index is -1.23. The van der Waals surface area contributed by atoms with Gasteiger partial charge in [0.25, 0.3) is 0 Å². The zero-order chi connectivity index (χ0) is 37.5. The Morgan fingerprint density at radius 1 is 0.625 bits per heavy atom. The molecule has 0 unspecified atom stereocenters. The molecular weight excluding hydrogens is 881 g/mol. The fraction of sp³-hybridized carbons (Fsp3) is 0.0816. The molecule has 0 atom stereocenters. The quantitative estimate of drug-likeness (QED) is 0.127. The summed E-state index contributed by atoms with van der Waals surface area (Å²) in [5.74, 6) is 0.778. The maximum absolute atomic E-state index is 6.66. The average molecular weight is 919 g/mol. The number of furan rings is 1. The summed E-state index contributed by atoms with van der Waals surface area (Å²) in [5, 5.41) is 5.79. The summed E-state index contributed by atoms with van der Waals surface area (Å²) in [6.07, 6.45) is 2.02. The molecule has 275 valence electrons. The Kier molecular flexibility index (Phi) is 10.1. The zero-order valence-electron chi connectivity index (χ0n) is 31.5. The van der Waals surface area contributed by atoms with Crippen molar-refractivity contribution in [1.29, 1.82) is 0 Å². The third-order valence-corrected chi connectivity index (χ3v) is 12.1. The number of pyridine rings is 2. The molecule has 0 saturated heterocycles. The van der Waals surface area contributed by atoms with Gasteiger partial charge in [-0.3, -0.25) is 9.97 Å². The summed E-state index contributed by atoms with van der Waals surface area (Å²) in [5.41, 5.74) is 10.3. The Balaban J connectivity index is 0.000000219. The number of imidazole rings is 1. The van der Waals surface area contributed by atoms with Crippen molar-refractivity contribution in [2.24, 2.45) is 0 Å². The van der Waals surface area contributed by atoms with E-state index in [-0.39, 0.29) is 20.1 Å². The molecule has 0 fully saturated rings. The van der Waals surface area contributed by atoms with E-state index in [1.807, 2.05) is 67.7 Å². The minimum Gasteiger partial charge on any atom is -0.500 e. The second-order valence-corrected chi connectivity index (χ2v) is 19.8. The fourth-order valence-electron chi connectivity index (χ4n) is 7.18. The molecule has 0 aliphatic rings. The zero-order valence-corrected chi connectivity index (χ0v) is 34.9. The van der Waals surface area contributed by atoms with E-state index in [2.05, 4.69) is 138 Å². The largest absolute Gasteiger partial charge is 0.500 e. The van der Waals surface area contributed by atoms with Gasteiger partial charge in [0, 0.05) is 48.3 Å². The van der Waals surface area contributed by atoms with Crippen molar-refractivity contribution < 1.29 is 24.5 Å². The summed E-state index contributed by atoms with van der Waals surface area (Å²) < 4.78 is 8.86. The number of rotatable bonds is 5. The first-order valence-electron chi connectivity index (χ1n) is 18.5. The van der Waals surface area contributed by atoms with Crippen LogP contribution in [0.15, 0.2) is 162 Å². The molecule has 0 aliphatic heterocycles. The molecule has 10 aromatic rings. The third-order valence-electron chi connectivity index (χ3n) is 10.1. The Labute approximate surface area is 341 Å². The van der Waals surface area contributed by atoms with Crippen LogP contribution in [0, 0.1) is 19.1 Å².